The van der Waals surface area contributed by atoms with Gasteiger partial charge in [0.05, 0.1) is 10.9 Å². The van der Waals surface area contributed by atoms with Crippen molar-refractivity contribution >= 4 is 23.2 Å². The molecule has 1 nitrogen and oxygen atoms in total. The van der Waals surface area contributed by atoms with Crippen molar-refractivity contribution in [2.24, 2.45) is 0 Å². The quantitative estimate of drug-likeness (QED) is 0.710. The van der Waals surface area contributed by atoms with Crippen LogP contribution in [0.25, 0.3) is 0 Å². The minimum Gasteiger partial charge on any atom is -0.452 e. The van der Waals surface area contributed by atoms with Crippen LogP contribution in [0.1, 0.15) is 5.56 Å². The summed E-state index contributed by atoms with van der Waals surface area (Å²) in [6, 6.07) is 8.04. The molecular formula is C13H8Cl2F2O. The molecule has 0 atom stereocenters. The van der Waals surface area contributed by atoms with Crippen molar-refractivity contribution in [2.75, 3.05) is 0 Å². The number of halogens is 4. The molecule has 0 spiro atoms. The fraction of sp³-hybridized carbons (Fsp3) is 0.0769. The van der Waals surface area contributed by atoms with E-state index in [1.165, 1.54) is 24.3 Å². The van der Waals surface area contributed by atoms with Crippen LogP contribution < -0.4 is 4.74 Å². The Hall–Kier alpha value is -1.32. The number of benzene rings is 2. The van der Waals surface area contributed by atoms with Gasteiger partial charge in [0.2, 0.25) is 0 Å². The van der Waals surface area contributed by atoms with Crippen LogP contribution in [0.15, 0.2) is 36.4 Å². The van der Waals surface area contributed by atoms with Gasteiger partial charge in [0.25, 0.3) is 0 Å². The first-order chi connectivity index (χ1) is 8.61. The summed E-state index contributed by atoms with van der Waals surface area (Å²) in [7, 11) is 0. The van der Waals surface area contributed by atoms with Crippen LogP contribution in [-0.4, -0.2) is 0 Å². The Balaban J connectivity index is 2.39. The molecule has 2 aromatic rings. The smallest absolute Gasteiger partial charge is 0.167 e. The van der Waals surface area contributed by atoms with Gasteiger partial charge in [0.1, 0.15) is 11.6 Å². The van der Waals surface area contributed by atoms with Crippen molar-refractivity contribution in [3.05, 3.63) is 58.6 Å². The van der Waals surface area contributed by atoms with Crippen molar-refractivity contribution in [3.63, 3.8) is 0 Å². The molecule has 0 bridgehead atoms. The van der Waals surface area contributed by atoms with E-state index in [-0.39, 0.29) is 22.4 Å². The summed E-state index contributed by atoms with van der Waals surface area (Å²) in [5.74, 6) is -0.756. The van der Waals surface area contributed by atoms with Gasteiger partial charge in [-0.15, -0.1) is 11.6 Å². The molecule has 0 aliphatic rings. The molecule has 2 aromatic carbocycles. The Morgan fingerprint density at radius 1 is 1.11 bits per heavy atom. The van der Waals surface area contributed by atoms with Crippen LogP contribution in [0.3, 0.4) is 0 Å². The molecule has 0 aromatic heterocycles. The average Bonchev–Trinajstić information content (AvgIpc) is 2.34. The summed E-state index contributed by atoms with van der Waals surface area (Å²) in [6.07, 6.45) is 0. The molecule has 0 fully saturated rings. The lowest BCUT2D eigenvalue weighted by atomic mass is 10.2. The van der Waals surface area contributed by atoms with Gasteiger partial charge in [-0.1, -0.05) is 23.7 Å². The molecule has 18 heavy (non-hydrogen) atoms. The van der Waals surface area contributed by atoms with E-state index in [4.69, 9.17) is 27.9 Å². The van der Waals surface area contributed by atoms with Crippen molar-refractivity contribution < 1.29 is 13.5 Å². The third-order valence-corrected chi connectivity index (χ3v) is 2.88. The predicted molar refractivity (Wildman–Crippen MR) is 67.4 cm³/mol. The normalized spacial score (nSPS) is 10.4. The molecule has 0 saturated heterocycles. The van der Waals surface area contributed by atoms with E-state index in [9.17, 15) is 8.78 Å². The van der Waals surface area contributed by atoms with Crippen molar-refractivity contribution in [1.82, 2.24) is 0 Å². The summed E-state index contributed by atoms with van der Waals surface area (Å²) < 4.78 is 31.9. The van der Waals surface area contributed by atoms with Gasteiger partial charge in [-0.3, -0.25) is 0 Å². The van der Waals surface area contributed by atoms with Crippen LogP contribution in [0, 0.1) is 11.6 Å². The lowest BCUT2D eigenvalue weighted by Crippen LogP contribution is -1.94. The molecule has 0 aliphatic carbocycles. The summed E-state index contributed by atoms with van der Waals surface area (Å²) in [5, 5.41) is 0.0683. The molecule has 0 saturated carbocycles. The largest absolute Gasteiger partial charge is 0.452 e. The first kappa shape index (κ1) is 13.1. The zero-order valence-electron chi connectivity index (χ0n) is 9.09. The van der Waals surface area contributed by atoms with Gasteiger partial charge in [-0.05, 0) is 24.3 Å². The first-order valence-corrected chi connectivity index (χ1v) is 5.99. The van der Waals surface area contributed by atoms with E-state index in [1.807, 2.05) is 0 Å². The SMILES string of the molecule is Fc1ccc(Oc2c(F)cccc2CCl)c(Cl)c1. The number of rotatable bonds is 3. The number of alkyl halides is 1. The molecule has 2 rings (SSSR count). The Labute approximate surface area is 113 Å². The van der Waals surface area contributed by atoms with Crippen molar-refractivity contribution in [1.29, 1.82) is 0 Å². The third-order valence-electron chi connectivity index (χ3n) is 2.30. The minimum atomic E-state index is -0.548. The van der Waals surface area contributed by atoms with Crippen molar-refractivity contribution in [2.45, 2.75) is 5.88 Å². The molecule has 0 N–H and O–H groups in total. The van der Waals surface area contributed by atoms with Gasteiger partial charge in [0.15, 0.2) is 11.6 Å². The number of hydrogen-bond donors (Lipinski definition) is 0. The van der Waals surface area contributed by atoms with Crippen LogP contribution in [-0.2, 0) is 5.88 Å². The summed E-state index contributed by atoms with van der Waals surface area (Å²) in [4.78, 5) is 0. The van der Waals surface area contributed by atoms with E-state index >= 15 is 0 Å². The number of para-hydroxylation sites is 1. The summed E-state index contributed by atoms with van der Waals surface area (Å²) >= 11 is 11.5. The Bertz CT molecular complexity index is 573. The highest BCUT2D eigenvalue weighted by atomic mass is 35.5. The Morgan fingerprint density at radius 2 is 1.89 bits per heavy atom. The van der Waals surface area contributed by atoms with E-state index < -0.39 is 11.6 Å². The maximum atomic E-state index is 13.6. The van der Waals surface area contributed by atoms with E-state index in [0.717, 1.165) is 6.07 Å². The van der Waals surface area contributed by atoms with Crippen LogP contribution in [0.5, 0.6) is 11.5 Å². The lowest BCUT2D eigenvalue weighted by Gasteiger charge is -2.11. The molecule has 5 heteroatoms. The molecule has 0 heterocycles. The van der Waals surface area contributed by atoms with E-state index in [1.54, 1.807) is 6.07 Å². The number of ether oxygens (including phenoxy) is 1. The van der Waals surface area contributed by atoms with Gasteiger partial charge in [-0.2, -0.15) is 0 Å². The predicted octanol–water partition coefficient (Wildman–Crippen LogP) is 5.15. The fourth-order valence-electron chi connectivity index (χ4n) is 1.44. The second kappa shape index (κ2) is 5.55. The zero-order chi connectivity index (χ0) is 13.1. The topological polar surface area (TPSA) is 9.23 Å². The molecule has 0 aliphatic heterocycles. The van der Waals surface area contributed by atoms with Crippen molar-refractivity contribution in [3.8, 4) is 11.5 Å². The Kier molecular flexibility index (Phi) is 4.04. The van der Waals surface area contributed by atoms with Crippen LogP contribution >= 0.6 is 23.2 Å². The summed E-state index contributed by atoms with van der Waals surface area (Å²) in [6.45, 7) is 0. The number of hydrogen-bond acceptors (Lipinski definition) is 1. The molecule has 0 radical (unpaired) electrons. The summed E-state index contributed by atoms with van der Waals surface area (Å²) in [5.41, 5.74) is 0.497. The average molecular weight is 289 g/mol. The van der Waals surface area contributed by atoms with E-state index in [2.05, 4.69) is 0 Å². The van der Waals surface area contributed by atoms with E-state index in [0.29, 0.717) is 5.56 Å². The van der Waals surface area contributed by atoms with Gasteiger partial charge in [0, 0.05) is 5.56 Å². The fourth-order valence-corrected chi connectivity index (χ4v) is 1.86. The van der Waals surface area contributed by atoms with Crippen LogP contribution in [0.2, 0.25) is 5.02 Å². The molecule has 0 unspecified atom stereocenters. The molecule has 0 amide bonds. The second-order valence-corrected chi connectivity index (χ2v) is 4.21. The maximum Gasteiger partial charge on any atom is 0.167 e. The Morgan fingerprint density at radius 3 is 2.56 bits per heavy atom. The lowest BCUT2D eigenvalue weighted by molar-refractivity contribution is 0.437. The third kappa shape index (κ3) is 2.74. The van der Waals surface area contributed by atoms with Crippen LogP contribution in [0.4, 0.5) is 8.78 Å². The van der Waals surface area contributed by atoms with Gasteiger partial charge in [-0.25, -0.2) is 8.78 Å². The first-order valence-electron chi connectivity index (χ1n) is 5.08. The molecule has 94 valence electrons. The van der Waals surface area contributed by atoms with Gasteiger partial charge < -0.3 is 4.74 Å². The highest BCUT2D eigenvalue weighted by Gasteiger charge is 2.12. The monoisotopic (exact) mass is 288 g/mol. The highest BCUT2D eigenvalue weighted by Crippen LogP contribution is 2.33. The molecular weight excluding hydrogens is 281 g/mol. The second-order valence-electron chi connectivity index (χ2n) is 3.54. The maximum absolute atomic E-state index is 13.6. The zero-order valence-corrected chi connectivity index (χ0v) is 10.6. The standard InChI is InChI=1S/C13H8Cl2F2O/c14-7-8-2-1-3-11(17)13(8)18-12-5-4-9(16)6-10(12)15/h1-6H,7H2. The minimum absolute atomic E-state index is 0.000933. The highest BCUT2D eigenvalue weighted by molar-refractivity contribution is 6.32. The van der Waals surface area contributed by atoms with Gasteiger partial charge >= 0.3 is 0 Å².